The quantitative estimate of drug-likeness (QED) is 0.468. The van der Waals surface area contributed by atoms with Gasteiger partial charge in [0.1, 0.15) is 0 Å². The number of thioether (sulfide) groups is 1. The average molecular weight is 354 g/mol. The van der Waals surface area contributed by atoms with Crippen molar-refractivity contribution in [1.29, 1.82) is 0 Å². The number of hydrogen-bond acceptors (Lipinski definition) is 5. The normalized spacial score (nSPS) is 15.9. The van der Waals surface area contributed by atoms with Gasteiger partial charge >= 0.3 is 0 Å². The minimum atomic E-state index is -0.491. The molecule has 6 nitrogen and oxygen atoms in total. The number of nitrogens with zero attached hydrogens (tertiary/aromatic N) is 2. The van der Waals surface area contributed by atoms with E-state index in [1.165, 1.54) is 12.1 Å². The van der Waals surface area contributed by atoms with E-state index in [2.05, 4.69) is 0 Å². The zero-order valence-electron chi connectivity index (χ0n) is 13.3. The van der Waals surface area contributed by atoms with Crippen LogP contribution in [0.3, 0.4) is 0 Å². The third-order valence-corrected chi connectivity index (χ3v) is 4.74. The Morgan fingerprint density at radius 1 is 1.12 bits per heavy atom. The van der Waals surface area contributed by atoms with Crippen LogP contribution in [-0.4, -0.2) is 21.0 Å². The molecule has 1 fully saturated rings. The lowest BCUT2D eigenvalue weighted by Gasteiger charge is -2.12. The summed E-state index contributed by atoms with van der Waals surface area (Å²) in [7, 11) is 0. The fourth-order valence-electron chi connectivity index (χ4n) is 2.43. The molecule has 1 saturated heterocycles. The molecule has 2 amide bonds. The number of non-ortho nitro benzene ring substituents is 1. The average Bonchev–Trinajstić information content (AvgIpc) is 2.85. The fraction of sp³-hybridized carbons (Fsp3) is 0.111. The Bertz CT molecular complexity index is 890. The monoisotopic (exact) mass is 354 g/mol. The number of rotatable bonds is 4. The Labute approximate surface area is 148 Å². The van der Waals surface area contributed by atoms with Gasteiger partial charge in [0, 0.05) is 12.1 Å². The standard InChI is InChI=1S/C18H14N2O4S/c1-12-4-2-3-5-14(12)10-16-17(21)19(18(22)25-16)11-13-6-8-15(9-7-13)20(23)24/h2-10H,11H2,1H3/b16-10-. The van der Waals surface area contributed by atoms with Gasteiger partial charge in [0.2, 0.25) is 0 Å². The summed E-state index contributed by atoms with van der Waals surface area (Å²) in [4.78, 5) is 36.4. The third-order valence-electron chi connectivity index (χ3n) is 3.84. The molecule has 2 aromatic carbocycles. The molecule has 126 valence electrons. The van der Waals surface area contributed by atoms with Gasteiger partial charge in [-0.3, -0.25) is 24.6 Å². The van der Waals surface area contributed by atoms with Gasteiger partial charge in [0.15, 0.2) is 0 Å². The van der Waals surface area contributed by atoms with Crippen molar-refractivity contribution in [3.63, 3.8) is 0 Å². The second-order valence-corrected chi connectivity index (χ2v) is 6.54. The number of nitro groups is 1. The Morgan fingerprint density at radius 2 is 1.80 bits per heavy atom. The van der Waals surface area contributed by atoms with E-state index in [9.17, 15) is 19.7 Å². The summed E-state index contributed by atoms with van der Waals surface area (Å²) in [6.07, 6.45) is 1.72. The Morgan fingerprint density at radius 3 is 2.44 bits per heavy atom. The number of carbonyl (C=O) groups excluding carboxylic acids is 2. The van der Waals surface area contributed by atoms with Crippen LogP contribution in [-0.2, 0) is 11.3 Å². The summed E-state index contributed by atoms with van der Waals surface area (Å²) in [6, 6.07) is 13.4. The molecule has 1 aliphatic heterocycles. The van der Waals surface area contributed by atoms with Crippen LogP contribution in [0.1, 0.15) is 16.7 Å². The van der Waals surface area contributed by atoms with Crippen molar-refractivity contribution in [2.24, 2.45) is 0 Å². The lowest BCUT2D eigenvalue weighted by molar-refractivity contribution is -0.384. The second-order valence-electron chi connectivity index (χ2n) is 5.55. The van der Waals surface area contributed by atoms with Crippen molar-refractivity contribution in [3.8, 4) is 0 Å². The first-order valence-electron chi connectivity index (χ1n) is 7.50. The Balaban J connectivity index is 1.80. The van der Waals surface area contributed by atoms with Gasteiger partial charge in [-0.2, -0.15) is 0 Å². The molecule has 0 N–H and O–H groups in total. The first-order chi connectivity index (χ1) is 12.0. The summed E-state index contributed by atoms with van der Waals surface area (Å²) < 4.78 is 0. The molecule has 0 unspecified atom stereocenters. The number of benzene rings is 2. The summed E-state index contributed by atoms with van der Waals surface area (Å²) in [5.41, 5.74) is 2.54. The van der Waals surface area contributed by atoms with Gasteiger partial charge < -0.3 is 0 Å². The molecule has 25 heavy (non-hydrogen) atoms. The number of hydrogen-bond donors (Lipinski definition) is 0. The summed E-state index contributed by atoms with van der Waals surface area (Å²) >= 11 is 0.903. The van der Waals surface area contributed by atoms with Crippen molar-refractivity contribution in [3.05, 3.63) is 80.2 Å². The van der Waals surface area contributed by atoms with Crippen LogP contribution in [0.15, 0.2) is 53.4 Å². The maximum Gasteiger partial charge on any atom is 0.293 e. The summed E-state index contributed by atoms with van der Waals surface area (Å²) in [6.45, 7) is 2.03. The number of imide groups is 1. The van der Waals surface area contributed by atoms with E-state index >= 15 is 0 Å². The molecule has 1 heterocycles. The molecule has 0 saturated carbocycles. The van der Waals surface area contributed by atoms with Crippen LogP contribution in [0.2, 0.25) is 0 Å². The van der Waals surface area contributed by atoms with E-state index < -0.39 is 4.92 Å². The molecule has 0 atom stereocenters. The van der Waals surface area contributed by atoms with E-state index in [0.717, 1.165) is 27.8 Å². The minimum absolute atomic E-state index is 0.0302. The lowest BCUT2D eigenvalue weighted by atomic mass is 10.1. The SMILES string of the molecule is Cc1ccccc1/C=C1\SC(=O)N(Cc2ccc([N+](=O)[O-])cc2)C1=O. The first kappa shape index (κ1) is 16.9. The van der Waals surface area contributed by atoms with Crippen molar-refractivity contribution in [2.45, 2.75) is 13.5 Å². The van der Waals surface area contributed by atoms with Crippen LogP contribution >= 0.6 is 11.8 Å². The molecule has 0 aliphatic carbocycles. The van der Waals surface area contributed by atoms with Crippen LogP contribution in [0.25, 0.3) is 6.08 Å². The molecule has 1 aliphatic rings. The molecule has 0 spiro atoms. The highest BCUT2D eigenvalue weighted by Crippen LogP contribution is 2.33. The van der Waals surface area contributed by atoms with Gasteiger partial charge in [-0.05, 0) is 41.5 Å². The molecule has 0 bridgehead atoms. The van der Waals surface area contributed by atoms with Gasteiger partial charge in [-0.1, -0.05) is 36.4 Å². The first-order valence-corrected chi connectivity index (χ1v) is 8.31. The topological polar surface area (TPSA) is 80.5 Å². The predicted octanol–water partition coefficient (Wildman–Crippen LogP) is 4.14. The Kier molecular flexibility index (Phi) is 4.67. The highest BCUT2D eigenvalue weighted by atomic mass is 32.2. The molecule has 7 heteroatoms. The van der Waals surface area contributed by atoms with Crippen LogP contribution < -0.4 is 0 Å². The van der Waals surface area contributed by atoms with Gasteiger partial charge in [-0.15, -0.1) is 0 Å². The van der Waals surface area contributed by atoms with Gasteiger partial charge in [0.05, 0.1) is 16.4 Å². The summed E-state index contributed by atoms with van der Waals surface area (Å²) in [5, 5.41) is 10.3. The number of aryl methyl sites for hydroxylation is 1. The molecule has 0 radical (unpaired) electrons. The zero-order valence-corrected chi connectivity index (χ0v) is 14.2. The lowest BCUT2D eigenvalue weighted by Crippen LogP contribution is -2.27. The van der Waals surface area contributed by atoms with Crippen molar-refractivity contribution >= 4 is 34.7 Å². The smallest absolute Gasteiger partial charge is 0.268 e. The van der Waals surface area contributed by atoms with Crippen molar-refractivity contribution in [2.75, 3.05) is 0 Å². The Hall–Kier alpha value is -2.93. The van der Waals surface area contributed by atoms with E-state index in [1.807, 2.05) is 31.2 Å². The predicted molar refractivity (Wildman–Crippen MR) is 95.8 cm³/mol. The highest BCUT2D eigenvalue weighted by molar-refractivity contribution is 8.18. The van der Waals surface area contributed by atoms with E-state index in [0.29, 0.717) is 10.5 Å². The number of carbonyl (C=O) groups is 2. The van der Waals surface area contributed by atoms with Crippen molar-refractivity contribution < 1.29 is 14.5 Å². The maximum absolute atomic E-state index is 12.5. The van der Waals surface area contributed by atoms with Crippen LogP contribution in [0.5, 0.6) is 0 Å². The molecule has 0 aromatic heterocycles. The van der Waals surface area contributed by atoms with Crippen LogP contribution in [0.4, 0.5) is 10.5 Å². The van der Waals surface area contributed by atoms with Gasteiger partial charge in [0.25, 0.3) is 16.8 Å². The number of nitro benzene ring substituents is 1. The maximum atomic E-state index is 12.5. The van der Waals surface area contributed by atoms with E-state index in [-0.39, 0.29) is 23.4 Å². The van der Waals surface area contributed by atoms with E-state index in [1.54, 1.807) is 18.2 Å². The van der Waals surface area contributed by atoms with Crippen LogP contribution in [0, 0.1) is 17.0 Å². The summed E-state index contributed by atoms with van der Waals surface area (Å²) in [5.74, 6) is -0.350. The molecular weight excluding hydrogens is 340 g/mol. The zero-order chi connectivity index (χ0) is 18.0. The third kappa shape index (κ3) is 3.61. The fourth-order valence-corrected chi connectivity index (χ4v) is 3.26. The van der Waals surface area contributed by atoms with Gasteiger partial charge in [-0.25, -0.2) is 0 Å². The molecule has 3 rings (SSSR count). The second kappa shape index (κ2) is 6.90. The largest absolute Gasteiger partial charge is 0.293 e. The molecular formula is C18H14N2O4S. The van der Waals surface area contributed by atoms with E-state index in [4.69, 9.17) is 0 Å². The highest BCUT2D eigenvalue weighted by Gasteiger charge is 2.35. The minimum Gasteiger partial charge on any atom is -0.268 e. The number of amides is 2. The molecule has 2 aromatic rings. The van der Waals surface area contributed by atoms with Crippen molar-refractivity contribution in [1.82, 2.24) is 4.90 Å².